The number of carbonyl (C=O) groups excluding carboxylic acids is 1. The minimum Gasteiger partial charge on any atom is -0.326 e. The van der Waals surface area contributed by atoms with E-state index in [0.29, 0.717) is 17.1 Å². The second-order valence-corrected chi connectivity index (χ2v) is 5.90. The molecule has 3 rings (SSSR count). The molecule has 21 heavy (non-hydrogen) atoms. The lowest BCUT2D eigenvalue weighted by atomic mass is 9.97. The number of rotatable bonds is 1. The predicted molar refractivity (Wildman–Crippen MR) is 86.0 cm³/mol. The number of anilines is 1. The smallest absolute Gasteiger partial charge is 0.259 e. The van der Waals surface area contributed by atoms with Crippen LogP contribution >= 0.6 is 11.6 Å². The van der Waals surface area contributed by atoms with Crippen LogP contribution in [-0.4, -0.2) is 18.5 Å². The standard InChI is InChI=1S/C17H17ClN2O/c1-11-6-7-14(15(18)8-11)17(21)20-10-13(19)9-12-4-2-3-5-16(12)20/h2-8,13H,9-10,19H2,1H3. The topological polar surface area (TPSA) is 46.3 Å². The molecule has 2 aromatic rings. The zero-order valence-corrected chi connectivity index (χ0v) is 12.6. The molecule has 108 valence electrons. The summed E-state index contributed by atoms with van der Waals surface area (Å²) in [5.74, 6) is -0.0948. The van der Waals surface area contributed by atoms with Gasteiger partial charge in [0.2, 0.25) is 0 Å². The van der Waals surface area contributed by atoms with E-state index in [1.54, 1.807) is 11.0 Å². The Kier molecular flexibility index (Phi) is 3.70. The summed E-state index contributed by atoms with van der Waals surface area (Å²) in [6, 6.07) is 13.3. The maximum Gasteiger partial charge on any atom is 0.259 e. The van der Waals surface area contributed by atoms with Crippen molar-refractivity contribution in [3.8, 4) is 0 Å². The maximum atomic E-state index is 12.8. The van der Waals surface area contributed by atoms with E-state index < -0.39 is 0 Å². The number of amides is 1. The minimum atomic E-state index is -0.0948. The molecule has 0 radical (unpaired) electrons. The molecular formula is C17H17ClN2O. The zero-order chi connectivity index (χ0) is 15.0. The summed E-state index contributed by atoms with van der Waals surface area (Å²) in [4.78, 5) is 14.6. The van der Waals surface area contributed by atoms with Gasteiger partial charge in [-0.25, -0.2) is 0 Å². The van der Waals surface area contributed by atoms with Crippen LogP contribution in [0.1, 0.15) is 21.5 Å². The Morgan fingerprint density at radius 1 is 1.29 bits per heavy atom. The molecule has 2 aromatic carbocycles. The second kappa shape index (κ2) is 5.51. The number of nitrogens with two attached hydrogens (primary N) is 1. The van der Waals surface area contributed by atoms with Gasteiger partial charge in [0.1, 0.15) is 0 Å². The lowest BCUT2D eigenvalue weighted by Gasteiger charge is -2.33. The van der Waals surface area contributed by atoms with Crippen molar-refractivity contribution in [3.05, 3.63) is 64.2 Å². The Morgan fingerprint density at radius 3 is 2.81 bits per heavy atom. The number of hydrogen-bond acceptors (Lipinski definition) is 2. The molecule has 0 bridgehead atoms. The SMILES string of the molecule is Cc1ccc(C(=O)N2CC(N)Cc3ccccc32)c(Cl)c1. The maximum absolute atomic E-state index is 12.8. The third-order valence-corrected chi connectivity index (χ3v) is 4.09. The Labute approximate surface area is 129 Å². The molecule has 4 heteroatoms. The number of nitrogens with zero attached hydrogens (tertiary/aromatic N) is 1. The number of para-hydroxylation sites is 1. The summed E-state index contributed by atoms with van der Waals surface area (Å²) in [5.41, 5.74) is 9.68. The lowest BCUT2D eigenvalue weighted by molar-refractivity contribution is 0.0983. The van der Waals surface area contributed by atoms with Crippen molar-refractivity contribution in [2.75, 3.05) is 11.4 Å². The molecule has 0 aliphatic carbocycles. The Bertz CT molecular complexity index is 699. The van der Waals surface area contributed by atoms with Crippen molar-refractivity contribution in [2.24, 2.45) is 5.73 Å². The van der Waals surface area contributed by atoms with Crippen LogP contribution in [0.2, 0.25) is 5.02 Å². The van der Waals surface area contributed by atoms with Gasteiger partial charge >= 0.3 is 0 Å². The number of fused-ring (bicyclic) bond motifs is 1. The highest BCUT2D eigenvalue weighted by molar-refractivity contribution is 6.34. The van der Waals surface area contributed by atoms with Gasteiger partial charge in [-0.3, -0.25) is 4.79 Å². The third-order valence-electron chi connectivity index (χ3n) is 3.78. The van der Waals surface area contributed by atoms with Crippen LogP contribution in [0.3, 0.4) is 0 Å². The number of halogens is 1. The molecule has 1 aliphatic heterocycles. The predicted octanol–water partition coefficient (Wildman–Crippen LogP) is 3.18. The van der Waals surface area contributed by atoms with Gasteiger partial charge in [-0.2, -0.15) is 0 Å². The molecule has 0 aromatic heterocycles. The Morgan fingerprint density at radius 2 is 2.05 bits per heavy atom. The molecule has 1 aliphatic rings. The van der Waals surface area contributed by atoms with Gasteiger partial charge in [0.15, 0.2) is 0 Å². The first-order chi connectivity index (χ1) is 10.1. The normalized spacial score (nSPS) is 17.5. The lowest BCUT2D eigenvalue weighted by Crippen LogP contribution is -2.46. The average Bonchev–Trinajstić information content (AvgIpc) is 2.45. The first-order valence-electron chi connectivity index (χ1n) is 6.98. The fourth-order valence-corrected chi connectivity index (χ4v) is 3.07. The van der Waals surface area contributed by atoms with Crippen LogP contribution in [0, 0.1) is 6.92 Å². The van der Waals surface area contributed by atoms with Gasteiger partial charge in [0.25, 0.3) is 5.91 Å². The van der Waals surface area contributed by atoms with Gasteiger partial charge in [-0.15, -0.1) is 0 Å². The molecule has 0 spiro atoms. The monoisotopic (exact) mass is 300 g/mol. The van der Waals surface area contributed by atoms with Crippen LogP contribution in [0.5, 0.6) is 0 Å². The minimum absolute atomic E-state index is 0.0481. The highest BCUT2D eigenvalue weighted by Crippen LogP contribution is 2.29. The summed E-state index contributed by atoms with van der Waals surface area (Å²) in [6.07, 6.45) is 0.793. The summed E-state index contributed by atoms with van der Waals surface area (Å²) in [7, 11) is 0. The molecule has 0 saturated carbocycles. The number of benzene rings is 2. The number of hydrogen-bond donors (Lipinski definition) is 1. The van der Waals surface area contributed by atoms with Gasteiger partial charge < -0.3 is 10.6 Å². The summed E-state index contributed by atoms with van der Waals surface area (Å²) < 4.78 is 0. The van der Waals surface area contributed by atoms with Crippen molar-refractivity contribution in [2.45, 2.75) is 19.4 Å². The van der Waals surface area contributed by atoms with Crippen LogP contribution in [0.25, 0.3) is 0 Å². The molecule has 3 nitrogen and oxygen atoms in total. The summed E-state index contributed by atoms with van der Waals surface area (Å²) in [5, 5.41) is 0.483. The summed E-state index contributed by atoms with van der Waals surface area (Å²) >= 11 is 6.23. The van der Waals surface area contributed by atoms with Crippen LogP contribution < -0.4 is 10.6 Å². The van der Waals surface area contributed by atoms with Crippen molar-refractivity contribution in [3.63, 3.8) is 0 Å². The van der Waals surface area contributed by atoms with Gasteiger partial charge in [-0.1, -0.05) is 35.9 Å². The van der Waals surface area contributed by atoms with E-state index in [2.05, 4.69) is 0 Å². The highest BCUT2D eigenvalue weighted by atomic mass is 35.5. The largest absolute Gasteiger partial charge is 0.326 e. The average molecular weight is 301 g/mol. The van der Waals surface area contributed by atoms with Gasteiger partial charge in [-0.05, 0) is 42.7 Å². The summed E-state index contributed by atoms with van der Waals surface area (Å²) in [6.45, 7) is 2.46. The first-order valence-corrected chi connectivity index (χ1v) is 7.35. The van der Waals surface area contributed by atoms with Crippen molar-refractivity contribution in [1.29, 1.82) is 0 Å². The molecular weight excluding hydrogens is 284 g/mol. The fourth-order valence-electron chi connectivity index (χ4n) is 2.76. The van der Waals surface area contributed by atoms with Crippen molar-refractivity contribution >= 4 is 23.2 Å². The molecule has 1 unspecified atom stereocenters. The molecule has 0 fully saturated rings. The van der Waals surface area contributed by atoms with E-state index in [-0.39, 0.29) is 11.9 Å². The third kappa shape index (κ3) is 2.67. The quantitative estimate of drug-likeness (QED) is 0.879. The number of aryl methyl sites for hydroxylation is 1. The second-order valence-electron chi connectivity index (χ2n) is 5.49. The van der Waals surface area contributed by atoms with E-state index in [1.165, 1.54) is 0 Å². The Hall–Kier alpha value is -1.84. The van der Waals surface area contributed by atoms with Crippen molar-refractivity contribution in [1.82, 2.24) is 0 Å². The molecule has 1 amide bonds. The molecule has 0 saturated heterocycles. The van der Waals surface area contributed by atoms with E-state index >= 15 is 0 Å². The molecule has 1 atom stereocenters. The molecule has 1 heterocycles. The highest BCUT2D eigenvalue weighted by Gasteiger charge is 2.28. The van der Waals surface area contributed by atoms with Crippen LogP contribution in [-0.2, 0) is 6.42 Å². The van der Waals surface area contributed by atoms with E-state index in [0.717, 1.165) is 23.2 Å². The molecule has 2 N–H and O–H groups in total. The van der Waals surface area contributed by atoms with Crippen LogP contribution in [0.15, 0.2) is 42.5 Å². The first kappa shape index (κ1) is 14.1. The Balaban J connectivity index is 2.02. The van der Waals surface area contributed by atoms with Gasteiger partial charge in [0.05, 0.1) is 10.6 Å². The van der Waals surface area contributed by atoms with E-state index in [1.807, 2.05) is 43.3 Å². The number of carbonyl (C=O) groups is 1. The van der Waals surface area contributed by atoms with Crippen molar-refractivity contribution < 1.29 is 4.79 Å². The van der Waals surface area contributed by atoms with Crippen LogP contribution in [0.4, 0.5) is 5.69 Å². The fraction of sp³-hybridized carbons (Fsp3) is 0.235. The zero-order valence-electron chi connectivity index (χ0n) is 11.8. The van der Waals surface area contributed by atoms with E-state index in [9.17, 15) is 4.79 Å². The van der Waals surface area contributed by atoms with E-state index in [4.69, 9.17) is 17.3 Å². The van der Waals surface area contributed by atoms with Gasteiger partial charge in [0, 0.05) is 18.3 Å².